The standard InChI is InChI=1S/C6H6N4O4S/c7-1-4-2-8-9-6(4)10-15(13,14)3-5(11)12/h2H,3H2,(H,11,12)(H2,8,9,10). The minimum Gasteiger partial charge on any atom is -0.480 e. The maximum absolute atomic E-state index is 11.1. The van der Waals surface area contributed by atoms with E-state index in [0.717, 1.165) is 6.20 Å². The predicted octanol–water partition coefficient (Wildman–Crippen LogP) is -0.892. The van der Waals surface area contributed by atoms with Gasteiger partial charge in [-0.15, -0.1) is 0 Å². The van der Waals surface area contributed by atoms with Crippen molar-refractivity contribution in [2.75, 3.05) is 10.5 Å². The molecule has 0 aliphatic heterocycles. The number of hydrogen-bond acceptors (Lipinski definition) is 5. The first-order chi connectivity index (χ1) is 6.94. The highest BCUT2D eigenvalue weighted by Gasteiger charge is 2.18. The number of nitrogens with zero attached hydrogens (tertiary/aromatic N) is 2. The molecule has 8 nitrogen and oxygen atoms in total. The summed E-state index contributed by atoms with van der Waals surface area (Å²) in [6.45, 7) is 0. The first kappa shape index (κ1) is 11.0. The van der Waals surface area contributed by atoms with Crippen LogP contribution >= 0.6 is 0 Å². The van der Waals surface area contributed by atoms with Crippen molar-refractivity contribution in [3.63, 3.8) is 0 Å². The quantitative estimate of drug-likeness (QED) is 0.613. The number of hydrogen-bond donors (Lipinski definition) is 3. The Labute approximate surface area is 84.6 Å². The first-order valence-electron chi connectivity index (χ1n) is 3.60. The molecular formula is C6H6N4O4S. The molecule has 0 bridgehead atoms. The van der Waals surface area contributed by atoms with Gasteiger partial charge in [0.1, 0.15) is 11.6 Å². The molecule has 0 aliphatic carbocycles. The van der Waals surface area contributed by atoms with Gasteiger partial charge in [-0.25, -0.2) is 8.42 Å². The Morgan fingerprint density at radius 2 is 2.40 bits per heavy atom. The van der Waals surface area contributed by atoms with Crippen LogP contribution in [0.3, 0.4) is 0 Å². The van der Waals surface area contributed by atoms with Crippen molar-refractivity contribution in [2.24, 2.45) is 0 Å². The molecule has 1 heterocycles. The highest BCUT2D eigenvalue weighted by molar-refractivity contribution is 7.93. The molecule has 0 fully saturated rings. The monoisotopic (exact) mass is 230 g/mol. The largest absolute Gasteiger partial charge is 0.480 e. The van der Waals surface area contributed by atoms with E-state index in [2.05, 4.69) is 10.2 Å². The molecule has 0 spiro atoms. The van der Waals surface area contributed by atoms with Crippen molar-refractivity contribution >= 4 is 21.8 Å². The van der Waals surface area contributed by atoms with E-state index in [-0.39, 0.29) is 11.4 Å². The lowest BCUT2D eigenvalue weighted by atomic mass is 10.4. The van der Waals surface area contributed by atoms with E-state index in [9.17, 15) is 13.2 Å². The Kier molecular flexibility index (Phi) is 2.91. The number of aromatic amines is 1. The molecule has 1 aromatic rings. The molecular weight excluding hydrogens is 224 g/mol. The molecule has 1 rings (SSSR count). The molecule has 0 saturated carbocycles. The van der Waals surface area contributed by atoms with Gasteiger partial charge in [-0.1, -0.05) is 0 Å². The SMILES string of the molecule is N#Cc1cn[nH]c1NS(=O)(=O)CC(=O)O. The van der Waals surface area contributed by atoms with Gasteiger partial charge in [-0.05, 0) is 0 Å². The highest BCUT2D eigenvalue weighted by atomic mass is 32.2. The van der Waals surface area contributed by atoms with Crippen LogP contribution in [0.25, 0.3) is 0 Å². The van der Waals surface area contributed by atoms with Crippen LogP contribution in [0.15, 0.2) is 6.20 Å². The number of carbonyl (C=O) groups is 1. The van der Waals surface area contributed by atoms with Crippen LogP contribution in [0.1, 0.15) is 5.56 Å². The molecule has 9 heteroatoms. The van der Waals surface area contributed by atoms with E-state index in [1.165, 1.54) is 0 Å². The smallest absolute Gasteiger partial charge is 0.320 e. The molecule has 3 N–H and O–H groups in total. The van der Waals surface area contributed by atoms with Gasteiger partial charge in [-0.3, -0.25) is 14.6 Å². The van der Waals surface area contributed by atoms with Crippen molar-refractivity contribution in [1.82, 2.24) is 10.2 Å². The van der Waals surface area contributed by atoms with Crippen molar-refractivity contribution in [3.8, 4) is 6.07 Å². The second kappa shape index (κ2) is 3.97. The second-order valence-electron chi connectivity index (χ2n) is 2.53. The third kappa shape index (κ3) is 2.96. The van der Waals surface area contributed by atoms with Gasteiger partial charge >= 0.3 is 5.97 Å². The summed E-state index contributed by atoms with van der Waals surface area (Å²) in [6, 6.07) is 1.68. The van der Waals surface area contributed by atoms with E-state index in [0.29, 0.717) is 0 Å². The topological polar surface area (TPSA) is 136 Å². The Morgan fingerprint density at radius 1 is 1.73 bits per heavy atom. The van der Waals surface area contributed by atoms with E-state index < -0.39 is 21.7 Å². The lowest BCUT2D eigenvalue weighted by Crippen LogP contribution is -2.22. The van der Waals surface area contributed by atoms with E-state index in [4.69, 9.17) is 10.4 Å². The molecule has 0 saturated heterocycles. The molecule has 0 aliphatic rings. The number of carboxylic acid groups (broad SMARTS) is 1. The number of nitrogens with one attached hydrogen (secondary N) is 2. The zero-order valence-electron chi connectivity index (χ0n) is 7.26. The van der Waals surface area contributed by atoms with Crippen LogP contribution in [-0.4, -0.2) is 35.4 Å². The van der Waals surface area contributed by atoms with E-state index in [1.54, 1.807) is 6.07 Å². The number of nitriles is 1. The van der Waals surface area contributed by atoms with Gasteiger partial charge in [0.25, 0.3) is 0 Å². The van der Waals surface area contributed by atoms with Crippen molar-refractivity contribution < 1.29 is 18.3 Å². The highest BCUT2D eigenvalue weighted by Crippen LogP contribution is 2.10. The molecule has 0 aromatic carbocycles. The number of rotatable bonds is 4. The molecule has 0 atom stereocenters. The maximum atomic E-state index is 11.1. The Hall–Kier alpha value is -2.08. The maximum Gasteiger partial charge on any atom is 0.320 e. The van der Waals surface area contributed by atoms with E-state index >= 15 is 0 Å². The fraction of sp³-hybridized carbons (Fsp3) is 0.167. The molecule has 0 radical (unpaired) electrons. The lowest BCUT2D eigenvalue weighted by Gasteiger charge is -2.02. The number of aromatic nitrogens is 2. The van der Waals surface area contributed by atoms with Crippen molar-refractivity contribution in [3.05, 3.63) is 11.8 Å². The Bertz CT molecular complexity index is 511. The van der Waals surface area contributed by atoms with Crippen LogP contribution in [0.5, 0.6) is 0 Å². The van der Waals surface area contributed by atoms with Crippen LogP contribution < -0.4 is 4.72 Å². The number of aliphatic carboxylic acids is 1. The first-order valence-corrected chi connectivity index (χ1v) is 5.25. The molecule has 15 heavy (non-hydrogen) atoms. The summed E-state index contributed by atoms with van der Waals surface area (Å²) in [5.41, 5.74) is -0.0102. The van der Waals surface area contributed by atoms with Gasteiger partial charge < -0.3 is 5.11 Å². The van der Waals surface area contributed by atoms with Gasteiger partial charge in [0.15, 0.2) is 11.6 Å². The van der Waals surface area contributed by atoms with Gasteiger partial charge in [-0.2, -0.15) is 10.4 Å². The Balaban J connectivity index is 2.88. The van der Waals surface area contributed by atoms with Crippen LogP contribution in [-0.2, 0) is 14.8 Å². The number of sulfonamides is 1. The molecule has 0 unspecified atom stereocenters. The fourth-order valence-corrected chi connectivity index (χ4v) is 1.67. The van der Waals surface area contributed by atoms with Crippen LogP contribution in [0, 0.1) is 11.3 Å². The zero-order chi connectivity index (χ0) is 11.5. The molecule has 1 aromatic heterocycles. The molecule has 80 valence electrons. The average molecular weight is 230 g/mol. The van der Waals surface area contributed by atoms with Crippen LogP contribution in [0.2, 0.25) is 0 Å². The fourth-order valence-electron chi connectivity index (χ4n) is 0.803. The predicted molar refractivity (Wildman–Crippen MR) is 48.3 cm³/mol. The number of anilines is 1. The summed E-state index contributed by atoms with van der Waals surface area (Å²) in [5, 5.41) is 22.5. The lowest BCUT2D eigenvalue weighted by molar-refractivity contribution is -0.134. The third-order valence-electron chi connectivity index (χ3n) is 1.33. The summed E-state index contributed by atoms with van der Waals surface area (Å²) >= 11 is 0. The van der Waals surface area contributed by atoms with Gasteiger partial charge in [0.05, 0.1) is 6.20 Å². The third-order valence-corrected chi connectivity index (χ3v) is 2.47. The summed E-state index contributed by atoms with van der Waals surface area (Å²) in [6.07, 6.45) is 1.12. The number of carboxylic acids is 1. The summed E-state index contributed by atoms with van der Waals surface area (Å²) < 4.78 is 24.2. The summed E-state index contributed by atoms with van der Waals surface area (Å²) in [4.78, 5) is 10.2. The minimum atomic E-state index is -4.01. The number of H-pyrrole nitrogens is 1. The van der Waals surface area contributed by atoms with E-state index in [1.807, 2.05) is 4.72 Å². The zero-order valence-corrected chi connectivity index (χ0v) is 8.08. The normalized spacial score (nSPS) is 10.6. The van der Waals surface area contributed by atoms with Gasteiger partial charge in [0.2, 0.25) is 10.0 Å². The Morgan fingerprint density at radius 3 is 2.93 bits per heavy atom. The average Bonchev–Trinajstić information content (AvgIpc) is 2.48. The molecule has 0 amide bonds. The summed E-state index contributed by atoms with van der Waals surface area (Å²) in [5.74, 6) is -2.70. The minimum absolute atomic E-state index is 0.0102. The van der Waals surface area contributed by atoms with Crippen molar-refractivity contribution in [2.45, 2.75) is 0 Å². The van der Waals surface area contributed by atoms with Gasteiger partial charge in [0, 0.05) is 0 Å². The van der Waals surface area contributed by atoms with Crippen molar-refractivity contribution in [1.29, 1.82) is 5.26 Å². The second-order valence-corrected chi connectivity index (χ2v) is 4.25. The summed E-state index contributed by atoms with van der Waals surface area (Å²) in [7, 11) is -4.01. The van der Waals surface area contributed by atoms with Crippen LogP contribution in [0.4, 0.5) is 5.82 Å².